The molecule has 0 amide bonds. The zero-order chi connectivity index (χ0) is 19.3. The minimum absolute atomic E-state index is 0.0183. The van der Waals surface area contributed by atoms with Crippen molar-refractivity contribution in [1.82, 2.24) is 0 Å². The Kier molecular flexibility index (Phi) is 5.60. The van der Waals surface area contributed by atoms with E-state index in [-0.39, 0.29) is 34.7 Å². The normalized spacial score (nSPS) is 53.0. The Morgan fingerprint density at radius 2 is 1.58 bits per heavy atom. The molecule has 0 aromatic carbocycles. The molecule has 0 saturated heterocycles. The zero-order valence-corrected chi connectivity index (χ0v) is 16.9. The maximum Gasteiger partial charge on any atom is 0.139 e. The lowest BCUT2D eigenvalue weighted by molar-refractivity contribution is -0.219. The molecule has 0 aromatic heterocycles. The smallest absolute Gasteiger partial charge is 0.139 e. The van der Waals surface area contributed by atoms with E-state index < -0.39 is 12.2 Å². The first-order chi connectivity index (χ1) is 12.2. The van der Waals surface area contributed by atoms with Gasteiger partial charge >= 0.3 is 0 Å². The van der Waals surface area contributed by atoms with Crippen LogP contribution in [0, 0.1) is 34.5 Å². The summed E-state index contributed by atoms with van der Waals surface area (Å²) in [5.74, 6) is 0.940. The van der Waals surface area contributed by atoms with Gasteiger partial charge in [0.15, 0.2) is 0 Å². The molecule has 0 aliphatic heterocycles. The predicted octanol–water partition coefficient (Wildman–Crippen LogP) is 3.32. The minimum Gasteiger partial charge on any atom is -0.393 e. The number of aliphatic hydroxyl groups is 3. The first-order valence-corrected chi connectivity index (χ1v) is 10.8. The van der Waals surface area contributed by atoms with E-state index in [4.69, 9.17) is 0 Å². The Labute approximate surface area is 158 Å². The second-order valence-electron chi connectivity index (χ2n) is 9.94. The first-order valence-electron chi connectivity index (χ1n) is 10.8. The van der Waals surface area contributed by atoms with E-state index in [2.05, 4.69) is 27.7 Å². The summed E-state index contributed by atoms with van der Waals surface area (Å²) in [5.41, 5.74) is -0.311. The van der Waals surface area contributed by atoms with Gasteiger partial charge in [0.1, 0.15) is 5.78 Å². The quantitative estimate of drug-likeness (QED) is 0.615. The number of hydrogen-bond donors (Lipinski definition) is 3. The summed E-state index contributed by atoms with van der Waals surface area (Å²) in [5, 5.41) is 31.8. The predicted molar refractivity (Wildman–Crippen MR) is 101 cm³/mol. The van der Waals surface area contributed by atoms with Crippen molar-refractivity contribution in [2.24, 2.45) is 34.5 Å². The maximum atomic E-state index is 12.4. The average molecular weight is 367 g/mol. The second-order valence-corrected chi connectivity index (χ2v) is 9.94. The molecule has 6 unspecified atom stereocenters. The number of Topliss-reactive ketones (excluding diaryl/α,β-unsaturated/α-hetero) is 1. The van der Waals surface area contributed by atoms with Gasteiger partial charge < -0.3 is 15.3 Å². The number of fused-ring (bicyclic) bond motifs is 5. The highest BCUT2D eigenvalue weighted by Gasteiger charge is 2.64. The fourth-order valence-corrected chi connectivity index (χ4v) is 7.01. The minimum atomic E-state index is -0.769. The van der Waals surface area contributed by atoms with Gasteiger partial charge in [-0.15, -0.1) is 0 Å². The molecule has 4 nitrogen and oxygen atoms in total. The van der Waals surface area contributed by atoms with Gasteiger partial charge in [-0.2, -0.15) is 0 Å². The monoisotopic (exact) mass is 366 g/mol. The first kappa shape index (κ1) is 20.3. The molecule has 4 saturated carbocycles. The molecule has 3 N–H and O–H groups in total. The van der Waals surface area contributed by atoms with E-state index in [9.17, 15) is 20.1 Å². The lowest BCUT2D eigenvalue weighted by atomic mass is 9.44. The molecular weight excluding hydrogens is 328 g/mol. The van der Waals surface area contributed by atoms with Gasteiger partial charge in [0.05, 0.1) is 18.3 Å². The van der Waals surface area contributed by atoms with Crippen LogP contribution in [0.15, 0.2) is 0 Å². The fraction of sp³-hybridized carbons (Fsp3) is 0.955. The van der Waals surface area contributed by atoms with Gasteiger partial charge in [0.25, 0.3) is 0 Å². The van der Waals surface area contributed by atoms with Gasteiger partial charge in [0, 0.05) is 11.8 Å². The van der Waals surface area contributed by atoms with E-state index in [1.54, 1.807) is 0 Å². The third-order valence-electron chi connectivity index (χ3n) is 8.43. The summed E-state index contributed by atoms with van der Waals surface area (Å²) in [6.45, 7) is 8.59. The maximum absolute atomic E-state index is 12.4. The number of ketones is 1. The summed E-state index contributed by atoms with van der Waals surface area (Å²) in [6.07, 6.45) is 5.07. The van der Waals surface area contributed by atoms with Gasteiger partial charge in [-0.1, -0.05) is 34.1 Å². The molecule has 4 aliphatic rings. The topological polar surface area (TPSA) is 77.8 Å². The van der Waals surface area contributed by atoms with Crippen LogP contribution < -0.4 is 0 Å². The Morgan fingerprint density at radius 1 is 0.923 bits per heavy atom. The van der Waals surface area contributed by atoms with E-state index in [0.717, 1.165) is 32.1 Å². The molecule has 9 atom stereocenters. The summed E-state index contributed by atoms with van der Waals surface area (Å²) in [4.78, 5) is 12.4. The van der Waals surface area contributed by atoms with Gasteiger partial charge in [-0.05, 0) is 67.6 Å². The van der Waals surface area contributed by atoms with Gasteiger partial charge in [0.2, 0.25) is 0 Å². The van der Waals surface area contributed by atoms with Crippen molar-refractivity contribution in [3.05, 3.63) is 0 Å². The molecule has 0 heterocycles. The van der Waals surface area contributed by atoms with Gasteiger partial charge in [-0.3, -0.25) is 4.79 Å². The van der Waals surface area contributed by atoms with E-state index in [0.29, 0.717) is 24.5 Å². The van der Waals surface area contributed by atoms with Crippen LogP contribution in [0.3, 0.4) is 0 Å². The number of aliphatic hydroxyl groups excluding tert-OH is 3. The number of carbonyl (C=O) groups excluding carboxylic acids is 1. The largest absolute Gasteiger partial charge is 0.393 e. The molecule has 0 aromatic rings. The van der Waals surface area contributed by atoms with Gasteiger partial charge in [-0.25, -0.2) is 0 Å². The summed E-state index contributed by atoms with van der Waals surface area (Å²) in [6, 6.07) is 0. The Hall–Kier alpha value is -0.450. The van der Waals surface area contributed by atoms with Crippen molar-refractivity contribution in [3.63, 3.8) is 0 Å². The fourth-order valence-electron chi connectivity index (χ4n) is 7.01. The third-order valence-corrected chi connectivity index (χ3v) is 8.43. The SMILES string of the molecule is CC12CCC3C(C1CCC2=O)[C@@H](O)[C@H](O)C1CC(O)CC[C@]31C.CCC. The van der Waals surface area contributed by atoms with Crippen LogP contribution in [0.5, 0.6) is 0 Å². The van der Waals surface area contributed by atoms with Crippen LogP contribution >= 0.6 is 0 Å². The van der Waals surface area contributed by atoms with Crippen LogP contribution in [-0.4, -0.2) is 39.4 Å². The average Bonchev–Trinajstić information content (AvgIpc) is 2.90. The van der Waals surface area contributed by atoms with Crippen LogP contribution in [-0.2, 0) is 4.79 Å². The third kappa shape index (κ3) is 2.87. The number of hydrogen-bond acceptors (Lipinski definition) is 4. The molecule has 0 bridgehead atoms. The molecule has 0 radical (unpaired) electrons. The lowest BCUT2D eigenvalue weighted by Gasteiger charge is -2.62. The summed E-state index contributed by atoms with van der Waals surface area (Å²) < 4.78 is 0. The van der Waals surface area contributed by atoms with Crippen LogP contribution in [0.2, 0.25) is 0 Å². The zero-order valence-electron chi connectivity index (χ0n) is 16.9. The van der Waals surface area contributed by atoms with Crippen molar-refractivity contribution in [3.8, 4) is 0 Å². The van der Waals surface area contributed by atoms with Crippen LogP contribution in [0.4, 0.5) is 0 Å². The Morgan fingerprint density at radius 3 is 2.23 bits per heavy atom. The molecule has 4 fully saturated rings. The molecule has 4 rings (SSSR count). The lowest BCUT2D eigenvalue weighted by Crippen LogP contribution is -2.64. The van der Waals surface area contributed by atoms with Crippen LogP contribution in [0.25, 0.3) is 0 Å². The van der Waals surface area contributed by atoms with E-state index >= 15 is 0 Å². The Balaban J connectivity index is 0.000000613. The Bertz CT molecular complexity index is 534. The van der Waals surface area contributed by atoms with Crippen molar-refractivity contribution in [1.29, 1.82) is 0 Å². The van der Waals surface area contributed by atoms with Crippen molar-refractivity contribution < 1.29 is 20.1 Å². The van der Waals surface area contributed by atoms with Crippen molar-refractivity contribution >= 4 is 5.78 Å². The van der Waals surface area contributed by atoms with E-state index in [1.165, 1.54) is 6.42 Å². The molecular formula is C22H38O4. The highest BCUT2D eigenvalue weighted by atomic mass is 16.3. The highest BCUT2D eigenvalue weighted by Crippen LogP contribution is 2.65. The molecule has 26 heavy (non-hydrogen) atoms. The van der Waals surface area contributed by atoms with Crippen molar-refractivity contribution in [2.75, 3.05) is 0 Å². The molecule has 4 heteroatoms. The standard InChI is InChI=1S/C19H30O4.C3H8/c1-18-7-5-10(20)9-13(18)16(22)17(23)15-11-3-4-14(21)19(11,2)8-6-12(15)18;1-3-2/h10-13,15-17,20,22-23H,3-9H2,1-2H3;3H2,1-2H3/t10?,11?,12?,13?,15?,16-,17-,18-,19?;/m1./s1. The number of rotatable bonds is 0. The van der Waals surface area contributed by atoms with E-state index in [1.807, 2.05) is 0 Å². The summed E-state index contributed by atoms with van der Waals surface area (Å²) in [7, 11) is 0. The summed E-state index contributed by atoms with van der Waals surface area (Å²) >= 11 is 0. The highest BCUT2D eigenvalue weighted by molar-refractivity contribution is 5.87. The van der Waals surface area contributed by atoms with Crippen molar-refractivity contribution in [2.45, 2.75) is 97.4 Å². The molecule has 0 spiro atoms. The van der Waals surface area contributed by atoms with Crippen LogP contribution in [0.1, 0.15) is 79.1 Å². The second kappa shape index (κ2) is 7.18. The molecule has 4 aliphatic carbocycles. The molecule has 150 valence electrons. The number of carbonyl (C=O) groups is 1.